The second-order valence-corrected chi connectivity index (χ2v) is 13.3. The molecule has 0 aliphatic rings. The molecule has 0 spiro atoms. The summed E-state index contributed by atoms with van der Waals surface area (Å²) in [5, 5.41) is 4.91. The lowest BCUT2D eigenvalue weighted by atomic mass is 9.99. The van der Waals surface area contributed by atoms with E-state index in [0.717, 1.165) is 39.1 Å². The number of hydrogen-bond donors (Lipinski definition) is 0. The smallest absolute Gasteiger partial charge is 0.164 e. The molecule has 2 aromatic heterocycles. The topological polar surface area (TPSA) is 43.6 Å². The lowest BCUT2D eigenvalue weighted by Crippen LogP contribution is -2.01. The highest BCUT2D eigenvalue weighted by Gasteiger charge is 2.15. The molecule has 248 valence electrons. The summed E-state index contributed by atoms with van der Waals surface area (Å²) in [6.07, 6.45) is 0. The highest BCUT2D eigenvalue weighted by Crippen LogP contribution is 2.34. The van der Waals surface area contributed by atoms with Gasteiger partial charge in [0.2, 0.25) is 0 Å². The van der Waals surface area contributed by atoms with Gasteiger partial charge < -0.3 is 4.57 Å². The molecule has 10 aromatic rings. The van der Waals surface area contributed by atoms with E-state index in [0.29, 0.717) is 17.5 Å². The Morgan fingerprint density at radius 2 is 0.736 bits per heavy atom. The molecule has 0 radical (unpaired) electrons. The van der Waals surface area contributed by atoms with Crippen LogP contribution in [0.4, 0.5) is 0 Å². The first-order valence-electron chi connectivity index (χ1n) is 17.9. The predicted molar refractivity (Wildman–Crippen MR) is 219 cm³/mol. The molecule has 0 fully saturated rings. The van der Waals surface area contributed by atoms with Crippen molar-refractivity contribution in [3.8, 4) is 62.1 Å². The second kappa shape index (κ2) is 12.9. The largest absolute Gasteiger partial charge is 0.309 e. The van der Waals surface area contributed by atoms with Gasteiger partial charge >= 0.3 is 0 Å². The van der Waals surface area contributed by atoms with E-state index < -0.39 is 0 Å². The highest BCUT2D eigenvalue weighted by atomic mass is 15.0. The van der Waals surface area contributed by atoms with E-state index in [2.05, 4.69) is 193 Å². The number of benzene rings is 8. The van der Waals surface area contributed by atoms with E-state index in [9.17, 15) is 0 Å². The summed E-state index contributed by atoms with van der Waals surface area (Å²) in [5.74, 6) is 1.89. The molecule has 0 aliphatic heterocycles. The Kier molecular flexibility index (Phi) is 7.43. The molecule has 0 saturated heterocycles. The van der Waals surface area contributed by atoms with Gasteiger partial charge in [-0.2, -0.15) is 0 Å². The fraction of sp³-hybridized carbons (Fsp3) is 0. The quantitative estimate of drug-likeness (QED) is 0.176. The Morgan fingerprint density at radius 3 is 1.42 bits per heavy atom. The van der Waals surface area contributed by atoms with Gasteiger partial charge in [-0.25, -0.2) is 15.0 Å². The van der Waals surface area contributed by atoms with Crippen molar-refractivity contribution in [3.63, 3.8) is 0 Å². The van der Waals surface area contributed by atoms with Gasteiger partial charge in [-0.1, -0.05) is 146 Å². The number of nitrogens with zero attached hydrogens (tertiary/aromatic N) is 4. The van der Waals surface area contributed by atoms with Crippen LogP contribution in [-0.4, -0.2) is 19.5 Å². The Bertz CT molecular complexity index is 2870. The summed E-state index contributed by atoms with van der Waals surface area (Å²) >= 11 is 0. The average molecular weight is 677 g/mol. The Hall–Kier alpha value is -7.17. The van der Waals surface area contributed by atoms with E-state index in [4.69, 9.17) is 15.0 Å². The van der Waals surface area contributed by atoms with Gasteiger partial charge in [-0.05, 0) is 81.6 Å². The van der Waals surface area contributed by atoms with Crippen molar-refractivity contribution in [2.75, 3.05) is 0 Å². The zero-order chi connectivity index (χ0) is 35.1. The molecular formula is C49H32N4. The fourth-order valence-corrected chi connectivity index (χ4v) is 7.37. The minimum atomic E-state index is 0.627. The third-order valence-electron chi connectivity index (χ3n) is 10.1. The van der Waals surface area contributed by atoms with Crippen LogP contribution in [0.15, 0.2) is 194 Å². The fourth-order valence-electron chi connectivity index (χ4n) is 7.37. The molecule has 0 amide bonds. The predicted octanol–water partition coefficient (Wildman–Crippen LogP) is 12.5. The second-order valence-electron chi connectivity index (χ2n) is 13.3. The van der Waals surface area contributed by atoms with Crippen LogP contribution >= 0.6 is 0 Å². The molecule has 4 nitrogen and oxygen atoms in total. The van der Waals surface area contributed by atoms with Crippen LogP contribution in [-0.2, 0) is 0 Å². The lowest BCUT2D eigenvalue weighted by Gasteiger charge is -2.12. The van der Waals surface area contributed by atoms with Gasteiger partial charge in [-0.3, -0.25) is 0 Å². The van der Waals surface area contributed by atoms with E-state index in [-0.39, 0.29) is 0 Å². The maximum Gasteiger partial charge on any atom is 0.164 e. The number of aromatic nitrogens is 4. The van der Waals surface area contributed by atoms with Gasteiger partial charge in [0, 0.05) is 33.2 Å². The van der Waals surface area contributed by atoms with Gasteiger partial charge in [0.1, 0.15) is 0 Å². The molecule has 10 rings (SSSR count). The van der Waals surface area contributed by atoms with Gasteiger partial charge in [-0.15, -0.1) is 0 Å². The molecule has 0 aliphatic carbocycles. The standard InChI is InChI=1S/C49H32N4/c1-2-11-33(12-3-1)35-21-24-36(25-22-35)47-50-48(37-27-29-42(30-28-37)53-45-19-8-6-17-43(45)44-18-7-9-20-46(44)53)52-49(51-47)41-16-10-15-39(32-41)40-26-23-34-13-4-5-14-38(34)31-40/h1-32H. The summed E-state index contributed by atoms with van der Waals surface area (Å²) in [5.41, 5.74) is 10.8. The first-order chi connectivity index (χ1) is 26.2. The summed E-state index contributed by atoms with van der Waals surface area (Å²) in [4.78, 5) is 15.3. The zero-order valence-corrected chi connectivity index (χ0v) is 28.8. The monoisotopic (exact) mass is 676 g/mol. The maximum absolute atomic E-state index is 5.11. The molecule has 0 unspecified atom stereocenters. The van der Waals surface area contributed by atoms with Crippen molar-refractivity contribution >= 4 is 32.6 Å². The number of fused-ring (bicyclic) bond motifs is 4. The van der Waals surface area contributed by atoms with Crippen LogP contribution < -0.4 is 0 Å². The minimum Gasteiger partial charge on any atom is -0.309 e. The molecule has 0 saturated carbocycles. The molecule has 0 atom stereocenters. The summed E-state index contributed by atoms with van der Waals surface area (Å²) in [6, 6.07) is 68.1. The zero-order valence-electron chi connectivity index (χ0n) is 28.8. The Balaban J connectivity index is 1.08. The van der Waals surface area contributed by atoms with Crippen LogP contribution in [0.2, 0.25) is 0 Å². The average Bonchev–Trinajstić information content (AvgIpc) is 3.58. The molecule has 0 N–H and O–H groups in total. The highest BCUT2D eigenvalue weighted by molar-refractivity contribution is 6.09. The number of hydrogen-bond acceptors (Lipinski definition) is 3. The third-order valence-corrected chi connectivity index (χ3v) is 10.1. The molecule has 2 heterocycles. The Labute approximate surface area is 307 Å². The van der Waals surface area contributed by atoms with Gasteiger partial charge in [0.05, 0.1) is 11.0 Å². The number of rotatable bonds is 6. The van der Waals surface area contributed by atoms with E-state index in [1.165, 1.54) is 38.1 Å². The normalized spacial score (nSPS) is 11.4. The van der Waals surface area contributed by atoms with Crippen LogP contribution in [0, 0.1) is 0 Å². The molecule has 0 bridgehead atoms. The lowest BCUT2D eigenvalue weighted by molar-refractivity contribution is 1.07. The maximum atomic E-state index is 5.11. The molecule has 8 aromatic carbocycles. The first-order valence-corrected chi connectivity index (χ1v) is 17.9. The van der Waals surface area contributed by atoms with Crippen molar-refractivity contribution in [3.05, 3.63) is 194 Å². The van der Waals surface area contributed by atoms with Crippen LogP contribution in [0.5, 0.6) is 0 Å². The minimum absolute atomic E-state index is 0.627. The van der Waals surface area contributed by atoms with Crippen LogP contribution in [0.3, 0.4) is 0 Å². The van der Waals surface area contributed by atoms with Crippen LogP contribution in [0.1, 0.15) is 0 Å². The third kappa shape index (κ3) is 5.63. The summed E-state index contributed by atoms with van der Waals surface area (Å²) in [6.45, 7) is 0. The van der Waals surface area contributed by atoms with E-state index in [1.54, 1.807) is 0 Å². The molecular weight excluding hydrogens is 645 g/mol. The van der Waals surface area contributed by atoms with E-state index >= 15 is 0 Å². The van der Waals surface area contributed by atoms with Gasteiger partial charge in [0.15, 0.2) is 17.5 Å². The molecule has 4 heteroatoms. The van der Waals surface area contributed by atoms with Crippen molar-refractivity contribution in [2.24, 2.45) is 0 Å². The summed E-state index contributed by atoms with van der Waals surface area (Å²) < 4.78 is 2.32. The molecule has 53 heavy (non-hydrogen) atoms. The van der Waals surface area contributed by atoms with E-state index in [1.807, 2.05) is 6.07 Å². The van der Waals surface area contributed by atoms with Crippen LogP contribution in [0.25, 0.3) is 94.7 Å². The van der Waals surface area contributed by atoms with Crippen molar-refractivity contribution in [1.29, 1.82) is 0 Å². The van der Waals surface area contributed by atoms with Crippen molar-refractivity contribution < 1.29 is 0 Å². The first kappa shape index (κ1) is 30.6. The van der Waals surface area contributed by atoms with Crippen molar-refractivity contribution in [1.82, 2.24) is 19.5 Å². The van der Waals surface area contributed by atoms with Crippen molar-refractivity contribution in [2.45, 2.75) is 0 Å². The Morgan fingerprint density at radius 1 is 0.283 bits per heavy atom. The summed E-state index contributed by atoms with van der Waals surface area (Å²) in [7, 11) is 0. The van der Waals surface area contributed by atoms with Gasteiger partial charge in [0.25, 0.3) is 0 Å². The number of para-hydroxylation sites is 2. The SMILES string of the molecule is c1ccc(-c2ccc(-c3nc(-c4ccc(-n5c6ccccc6c6ccccc65)cc4)nc(-c4cccc(-c5ccc6ccccc6c5)c4)n3)cc2)cc1.